The van der Waals surface area contributed by atoms with Gasteiger partial charge in [-0.15, -0.1) is 0 Å². The van der Waals surface area contributed by atoms with Crippen LogP contribution in [0.1, 0.15) is 31.7 Å². The first-order chi connectivity index (χ1) is 10.2. The van der Waals surface area contributed by atoms with Crippen molar-refractivity contribution in [1.82, 2.24) is 5.32 Å². The number of hydrogen-bond donors (Lipinski definition) is 1. The lowest BCUT2D eigenvalue weighted by molar-refractivity contribution is 0.143. The fraction of sp³-hybridized carbons (Fsp3) is 0.647. The topological polar surface area (TPSA) is 24.5 Å². The van der Waals surface area contributed by atoms with Gasteiger partial charge in [-0.05, 0) is 49.4 Å². The number of methoxy groups -OCH3 is 1. The van der Waals surface area contributed by atoms with E-state index in [-0.39, 0.29) is 0 Å². The van der Waals surface area contributed by atoms with Crippen molar-refractivity contribution >= 4 is 17.3 Å². The number of nitrogens with zero attached hydrogens (tertiary/aromatic N) is 1. The van der Waals surface area contributed by atoms with E-state index in [1.165, 1.54) is 18.4 Å². The summed E-state index contributed by atoms with van der Waals surface area (Å²) in [5, 5.41) is 4.28. The molecule has 3 nitrogen and oxygen atoms in total. The number of halogens is 1. The zero-order valence-electron chi connectivity index (χ0n) is 13.2. The fourth-order valence-electron chi connectivity index (χ4n) is 2.98. The summed E-state index contributed by atoms with van der Waals surface area (Å²) in [4.78, 5) is 2.40. The van der Waals surface area contributed by atoms with Gasteiger partial charge in [0.15, 0.2) is 0 Å². The Labute approximate surface area is 133 Å². The highest BCUT2D eigenvalue weighted by atomic mass is 35.5. The van der Waals surface area contributed by atoms with Gasteiger partial charge in [-0.1, -0.05) is 24.6 Å². The molecule has 0 radical (unpaired) electrons. The van der Waals surface area contributed by atoms with Gasteiger partial charge >= 0.3 is 0 Å². The second-order valence-corrected chi connectivity index (χ2v) is 6.28. The molecule has 1 aromatic carbocycles. The molecule has 0 spiro atoms. The minimum absolute atomic E-state index is 0.616. The minimum atomic E-state index is 0.616. The first-order valence-electron chi connectivity index (χ1n) is 7.97. The summed E-state index contributed by atoms with van der Waals surface area (Å²) in [6, 6.07) is 6.45. The Bertz CT molecular complexity index is 437. The molecule has 0 bridgehead atoms. The van der Waals surface area contributed by atoms with Crippen molar-refractivity contribution in [2.24, 2.45) is 5.92 Å². The molecule has 1 unspecified atom stereocenters. The van der Waals surface area contributed by atoms with Gasteiger partial charge < -0.3 is 15.0 Å². The summed E-state index contributed by atoms with van der Waals surface area (Å²) in [6.07, 6.45) is 3.62. The van der Waals surface area contributed by atoms with Gasteiger partial charge in [0, 0.05) is 26.7 Å². The summed E-state index contributed by atoms with van der Waals surface area (Å²) in [5.41, 5.74) is 2.42. The summed E-state index contributed by atoms with van der Waals surface area (Å²) in [5.74, 6) is 0.616. The van der Waals surface area contributed by atoms with Crippen LogP contribution in [-0.2, 0) is 11.3 Å². The van der Waals surface area contributed by atoms with Crippen molar-refractivity contribution < 1.29 is 4.74 Å². The largest absolute Gasteiger partial charge is 0.384 e. The van der Waals surface area contributed by atoms with Crippen molar-refractivity contribution in [1.29, 1.82) is 0 Å². The van der Waals surface area contributed by atoms with Gasteiger partial charge in [0.2, 0.25) is 0 Å². The molecule has 21 heavy (non-hydrogen) atoms. The molecule has 0 amide bonds. The SMILES string of the molecule is CCCNCc1ccc(N2CCCC(COC)C2)c(Cl)c1. The number of piperidine rings is 1. The molecule has 1 aliphatic heterocycles. The third-order valence-electron chi connectivity index (χ3n) is 4.03. The van der Waals surface area contributed by atoms with E-state index < -0.39 is 0 Å². The number of anilines is 1. The monoisotopic (exact) mass is 310 g/mol. The predicted octanol–water partition coefficient (Wildman–Crippen LogP) is 3.70. The molecule has 1 aliphatic rings. The second kappa shape index (κ2) is 8.62. The maximum absolute atomic E-state index is 6.50. The summed E-state index contributed by atoms with van der Waals surface area (Å²) in [6.45, 7) is 7.09. The van der Waals surface area contributed by atoms with E-state index in [4.69, 9.17) is 16.3 Å². The Hall–Kier alpha value is -0.770. The van der Waals surface area contributed by atoms with Gasteiger partial charge in [0.1, 0.15) is 0 Å². The molecule has 1 fully saturated rings. The summed E-state index contributed by atoms with van der Waals surface area (Å²) in [7, 11) is 1.78. The van der Waals surface area contributed by atoms with Crippen LogP contribution in [0.5, 0.6) is 0 Å². The lowest BCUT2D eigenvalue weighted by atomic mass is 9.98. The Morgan fingerprint density at radius 3 is 3.00 bits per heavy atom. The lowest BCUT2D eigenvalue weighted by Gasteiger charge is -2.34. The molecule has 0 saturated carbocycles. The first kappa shape index (κ1) is 16.6. The highest BCUT2D eigenvalue weighted by Crippen LogP contribution is 2.30. The predicted molar refractivity (Wildman–Crippen MR) is 90.3 cm³/mol. The van der Waals surface area contributed by atoms with Crippen LogP contribution in [0.4, 0.5) is 5.69 Å². The van der Waals surface area contributed by atoms with Crippen LogP contribution in [0.2, 0.25) is 5.02 Å². The van der Waals surface area contributed by atoms with Gasteiger partial charge in [-0.3, -0.25) is 0 Å². The van der Waals surface area contributed by atoms with Crippen LogP contribution in [0.25, 0.3) is 0 Å². The molecule has 0 aromatic heterocycles. The molecular weight excluding hydrogens is 284 g/mol. The average molecular weight is 311 g/mol. The van der Waals surface area contributed by atoms with Crippen LogP contribution in [0.3, 0.4) is 0 Å². The average Bonchev–Trinajstić information content (AvgIpc) is 2.48. The van der Waals surface area contributed by atoms with E-state index in [1.54, 1.807) is 7.11 Å². The summed E-state index contributed by atoms with van der Waals surface area (Å²) >= 11 is 6.50. The molecule has 2 rings (SSSR count). The minimum Gasteiger partial charge on any atom is -0.384 e. The van der Waals surface area contributed by atoms with Gasteiger partial charge in [0.25, 0.3) is 0 Å². The third-order valence-corrected chi connectivity index (χ3v) is 4.33. The van der Waals surface area contributed by atoms with Crippen molar-refractivity contribution in [3.8, 4) is 0 Å². The molecule has 4 heteroatoms. The Morgan fingerprint density at radius 2 is 2.29 bits per heavy atom. The molecule has 1 aromatic rings. The molecule has 118 valence electrons. The zero-order valence-corrected chi connectivity index (χ0v) is 14.0. The van der Waals surface area contributed by atoms with E-state index in [9.17, 15) is 0 Å². The molecular formula is C17H27ClN2O. The fourth-order valence-corrected chi connectivity index (χ4v) is 3.30. The van der Waals surface area contributed by atoms with E-state index in [2.05, 4.69) is 35.3 Å². The Balaban J connectivity index is 1.99. The Morgan fingerprint density at radius 1 is 1.43 bits per heavy atom. The van der Waals surface area contributed by atoms with Crippen LogP contribution in [0.15, 0.2) is 18.2 Å². The zero-order chi connectivity index (χ0) is 15.1. The highest BCUT2D eigenvalue weighted by molar-refractivity contribution is 6.33. The number of ether oxygens (including phenoxy) is 1. The van der Waals surface area contributed by atoms with Crippen molar-refractivity contribution in [3.05, 3.63) is 28.8 Å². The maximum Gasteiger partial charge on any atom is 0.0642 e. The number of rotatable bonds is 7. The quantitative estimate of drug-likeness (QED) is 0.777. The maximum atomic E-state index is 6.50. The van der Waals surface area contributed by atoms with Gasteiger partial charge in [-0.25, -0.2) is 0 Å². The standard InChI is InChI=1S/C17H27ClN2O/c1-3-8-19-11-14-6-7-17(16(18)10-14)20-9-4-5-15(12-20)13-21-2/h6-7,10,15,19H,3-5,8-9,11-13H2,1-2H3. The normalized spacial score (nSPS) is 19.0. The van der Waals surface area contributed by atoms with E-state index in [0.29, 0.717) is 5.92 Å². The molecule has 0 aliphatic carbocycles. The Kier molecular flexibility index (Phi) is 6.81. The smallest absolute Gasteiger partial charge is 0.0642 e. The van der Waals surface area contributed by atoms with E-state index >= 15 is 0 Å². The van der Waals surface area contributed by atoms with Crippen LogP contribution in [-0.4, -0.2) is 33.4 Å². The van der Waals surface area contributed by atoms with Crippen LogP contribution in [0, 0.1) is 5.92 Å². The van der Waals surface area contributed by atoms with Crippen molar-refractivity contribution in [3.63, 3.8) is 0 Å². The first-order valence-corrected chi connectivity index (χ1v) is 8.35. The van der Waals surface area contributed by atoms with Gasteiger partial charge in [0.05, 0.1) is 17.3 Å². The lowest BCUT2D eigenvalue weighted by Crippen LogP contribution is -2.37. The molecule has 1 saturated heterocycles. The highest BCUT2D eigenvalue weighted by Gasteiger charge is 2.21. The number of hydrogen-bond acceptors (Lipinski definition) is 3. The van der Waals surface area contributed by atoms with Crippen molar-refractivity contribution in [2.45, 2.75) is 32.7 Å². The van der Waals surface area contributed by atoms with Gasteiger partial charge in [-0.2, -0.15) is 0 Å². The summed E-state index contributed by atoms with van der Waals surface area (Å²) < 4.78 is 5.30. The molecule has 1 heterocycles. The van der Waals surface area contributed by atoms with E-state index in [1.807, 2.05) is 0 Å². The number of benzene rings is 1. The van der Waals surface area contributed by atoms with Crippen LogP contribution >= 0.6 is 11.6 Å². The second-order valence-electron chi connectivity index (χ2n) is 5.87. The number of nitrogens with one attached hydrogen (secondary N) is 1. The third kappa shape index (κ3) is 4.87. The van der Waals surface area contributed by atoms with Crippen molar-refractivity contribution in [2.75, 3.05) is 38.3 Å². The van der Waals surface area contributed by atoms with Crippen LogP contribution < -0.4 is 10.2 Å². The molecule has 1 N–H and O–H groups in total. The molecule has 1 atom stereocenters. The van der Waals surface area contributed by atoms with E-state index in [0.717, 1.165) is 49.9 Å².